The highest BCUT2D eigenvalue weighted by molar-refractivity contribution is 6.03. The number of amides is 1. The Kier molecular flexibility index (Phi) is 5.56. The van der Waals surface area contributed by atoms with Crippen LogP contribution in [0, 0.1) is 0 Å². The maximum atomic E-state index is 12.3. The summed E-state index contributed by atoms with van der Waals surface area (Å²) in [6, 6.07) is 14.8. The summed E-state index contributed by atoms with van der Waals surface area (Å²) in [6.07, 6.45) is 3.90. The standard InChI is InChI=1S/C21H20N4O2/c1-3-15-7-9-17(10-8-15)24-20-13-22-19(12-23-20)21(27)25-18-6-4-5-16(11-18)14(2)26/h4-13H,3H2,1-2H3,(H,23,24)(H,25,27). The number of rotatable bonds is 6. The number of Topliss-reactive ketones (excluding diaryl/α,β-unsaturated/α-hetero) is 1. The summed E-state index contributed by atoms with van der Waals surface area (Å²) in [5, 5.41) is 5.87. The number of hydrogen-bond donors (Lipinski definition) is 2. The molecule has 2 N–H and O–H groups in total. The molecular weight excluding hydrogens is 340 g/mol. The van der Waals surface area contributed by atoms with E-state index in [2.05, 4.69) is 27.5 Å². The highest BCUT2D eigenvalue weighted by Crippen LogP contribution is 2.16. The minimum atomic E-state index is -0.387. The van der Waals surface area contributed by atoms with Gasteiger partial charge < -0.3 is 10.6 Å². The molecule has 0 fully saturated rings. The lowest BCUT2D eigenvalue weighted by atomic mass is 10.1. The Hall–Kier alpha value is -3.54. The van der Waals surface area contributed by atoms with Gasteiger partial charge in [0.2, 0.25) is 0 Å². The lowest BCUT2D eigenvalue weighted by Crippen LogP contribution is -2.14. The average molecular weight is 360 g/mol. The fourth-order valence-electron chi connectivity index (χ4n) is 2.49. The smallest absolute Gasteiger partial charge is 0.275 e. The molecule has 6 nitrogen and oxygen atoms in total. The average Bonchev–Trinajstić information content (AvgIpc) is 2.69. The van der Waals surface area contributed by atoms with Crippen LogP contribution in [0.1, 0.15) is 40.3 Å². The molecule has 0 radical (unpaired) electrons. The van der Waals surface area contributed by atoms with E-state index in [0.29, 0.717) is 17.1 Å². The minimum absolute atomic E-state index is 0.0618. The van der Waals surface area contributed by atoms with Gasteiger partial charge in [-0.15, -0.1) is 0 Å². The Morgan fingerprint density at radius 2 is 1.74 bits per heavy atom. The lowest BCUT2D eigenvalue weighted by Gasteiger charge is -2.08. The summed E-state index contributed by atoms with van der Waals surface area (Å²) in [6.45, 7) is 3.59. The Bertz CT molecular complexity index is 951. The molecule has 0 saturated heterocycles. The van der Waals surface area contributed by atoms with Gasteiger partial charge in [-0.3, -0.25) is 9.59 Å². The molecule has 2 aromatic carbocycles. The fraction of sp³-hybridized carbons (Fsp3) is 0.143. The van der Waals surface area contributed by atoms with Crippen LogP contribution in [0.15, 0.2) is 60.9 Å². The predicted octanol–water partition coefficient (Wildman–Crippen LogP) is 4.24. The minimum Gasteiger partial charge on any atom is -0.339 e. The molecule has 3 rings (SSSR count). The molecule has 0 spiro atoms. The van der Waals surface area contributed by atoms with Gasteiger partial charge in [-0.1, -0.05) is 31.2 Å². The van der Waals surface area contributed by atoms with Crippen molar-refractivity contribution < 1.29 is 9.59 Å². The van der Waals surface area contributed by atoms with Crippen molar-refractivity contribution >= 4 is 28.9 Å². The van der Waals surface area contributed by atoms with Gasteiger partial charge in [0.25, 0.3) is 5.91 Å². The van der Waals surface area contributed by atoms with Crippen LogP contribution in [0.5, 0.6) is 0 Å². The van der Waals surface area contributed by atoms with E-state index >= 15 is 0 Å². The molecule has 6 heteroatoms. The van der Waals surface area contributed by atoms with Gasteiger partial charge in [-0.2, -0.15) is 0 Å². The maximum Gasteiger partial charge on any atom is 0.275 e. The van der Waals surface area contributed by atoms with Gasteiger partial charge in [0.05, 0.1) is 12.4 Å². The first-order valence-corrected chi connectivity index (χ1v) is 8.65. The van der Waals surface area contributed by atoms with Crippen LogP contribution >= 0.6 is 0 Å². The third-order valence-electron chi connectivity index (χ3n) is 4.05. The van der Waals surface area contributed by atoms with Crippen LogP contribution in [-0.4, -0.2) is 21.7 Å². The summed E-state index contributed by atoms with van der Waals surface area (Å²) < 4.78 is 0. The molecule has 1 aromatic heterocycles. The number of benzene rings is 2. The second-order valence-corrected chi connectivity index (χ2v) is 6.05. The normalized spacial score (nSPS) is 10.3. The third-order valence-corrected chi connectivity index (χ3v) is 4.05. The van der Waals surface area contributed by atoms with E-state index in [-0.39, 0.29) is 17.4 Å². The topological polar surface area (TPSA) is 84.0 Å². The van der Waals surface area contributed by atoms with Crippen LogP contribution in [0.25, 0.3) is 0 Å². The molecule has 0 aliphatic rings. The van der Waals surface area contributed by atoms with Gasteiger partial charge in [0.1, 0.15) is 11.5 Å². The summed E-state index contributed by atoms with van der Waals surface area (Å²) in [4.78, 5) is 32.1. The van der Waals surface area contributed by atoms with E-state index in [4.69, 9.17) is 0 Å². The molecule has 1 amide bonds. The fourth-order valence-corrected chi connectivity index (χ4v) is 2.49. The summed E-state index contributed by atoms with van der Waals surface area (Å²) in [5.74, 6) is 0.102. The first-order valence-electron chi connectivity index (χ1n) is 8.65. The van der Waals surface area contributed by atoms with Crippen molar-refractivity contribution in [3.63, 3.8) is 0 Å². The molecule has 136 valence electrons. The van der Waals surface area contributed by atoms with E-state index in [1.54, 1.807) is 24.3 Å². The molecule has 0 bridgehead atoms. The Morgan fingerprint density at radius 3 is 2.37 bits per heavy atom. The summed E-state index contributed by atoms with van der Waals surface area (Å²) >= 11 is 0. The lowest BCUT2D eigenvalue weighted by molar-refractivity contribution is 0.100. The van der Waals surface area contributed by atoms with Crippen molar-refractivity contribution in [1.82, 2.24) is 9.97 Å². The second-order valence-electron chi connectivity index (χ2n) is 6.05. The van der Waals surface area contributed by atoms with E-state index in [9.17, 15) is 9.59 Å². The van der Waals surface area contributed by atoms with Gasteiger partial charge in [0, 0.05) is 16.9 Å². The van der Waals surface area contributed by atoms with Gasteiger partial charge in [-0.05, 0) is 43.2 Å². The highest BCUT2D eigenvalue weighted by Gasteiger charge is 2.10. The van der Waals surface area contributed by atoms with Gasteiger partial charge >= 0.3 is 0 Å². The molecule has 27 heavy (non-hydrogen) atoms. The molecule has 1 heterocycles. The number of carbonyl (C=O) groups is 2. The number of nitrogens with zero attached hydrogens (tertiary/aromatic N) is 2. The van der Waals surface area contributed by atoms with E-state index < -0.39 is 0 Å². The van der Waals surface area contributed by atoms with Crippen molar-refractivity contribution in [3.05, 3.63) is 77.7 Å². The van der Waals surface area contributed by atoms with Crippen molar-refractivity contribution in [1.29, 1.82) is 0 Å². The number of aromatic nitrogens is 2. The van der Waals surface area contributed by atoms with Gasteiger partial charge in [-0.25, -0.2) is 9.97 Å². The number of nitrogens with one attached hydrogen (secondary N) is 2. The zero-order chi connectivity index (χ0) is 19.2. The SMILES string of the molecule is CCc1ccc(Nc2cnc(C(=O)Nc3cccc(C(C)=O)c3)cn2)cc1. The molecule has 0 aliphatic heterocycles. The molecule has 0 aliphatic carbocycles. The number of carbonyl (C=O) groups excluding carboxylic acids is 2. The Morgan fingerprint density at radius 1 is 0.963 bits per heavy atom. The number of ketones is 1. The monoisotopic (exact) mass is 360 g/mol. The van der Waals surface area contributed by atoms with Gasteiger partial charge in [0.15, 0.2) is 5.78 Å². The molecule has 3 aromatic rings. The highest BCUT2D eigenvalue weighted by atomic mass is 16.2. The van der Waals surface area contributed by atoms with Crippen LogP contribution in [0.2, 0.25) is 0 Å². The quantitative estimate of drug-likeness (QED) is 0.643. The predicted molar refractivity (Wildman–Crippen MR) is 106 cm³/mol. The van der Waals surface area contributed by atoms with Crippen LogP contribution < -0.4 is 10.6 Å². The van der Waals surface area contributed by atoms with E-state index in [1.807, 2.05) is 24.3 Å². The zero-order valence-electron chi connectivity index (χ0n) is 15.2. The van der Waals surface area contributed by atoms with Crippen LogP contribution in [-0.2, 0) is 6.42 Å². The van der Waals surface area contributed by atoms with E-state index in [1.165, 1.54) is 24.9 Å². The van der Waals surface area contributed by atoms with Crippen LogP contribution in [0.3, 0.4) is 0 Å². The molecule has 0 saturated carbocycles. The maximum absolute atomic E-state index is 12.3. The van der Waals surface area contributed by atoms with Crippen molar-refractivity contribution in [2.75, 3.05) is 10.6 Å². The van der Waals surface area contributed by atoms with Crippen LogP contribution in [0.4, 0.5) is 17.2 Å². The Balaban J connectivity index is 1.66. The number of aryl methyl sites for hydroxylation is 1. The first kappa shape index (κ1) is 18.3. The first-order chi connectivity index (χ1) is 13.0. The molecular formula is C21H20N4O2. The molecule has 0 unspecified atom stereocenters. The number of anilines is 3. The summed E-state index contributed by atoms with van der Waals surface area (Å²) in [5.41, 5.74) is 3.42. The van der Waals surface area contributed by atoms with Crippen molar-refractivity contribution in [2.45, 2.75) is 20.3 Å². The largest absolute Gasteiger partial charge is 0.339 e. The van der Waals surface area contributed by atoms with Crippen molar-refractivity contribution in [3.8, 4) is 0 Å². The van der Waals surface area contributed by atoms with Crippen molar-refractivity contribution in [2.24, 2.45) is 0 Å². The molecule has 0 atom stereocenters. The Labute approximate surface area is 157 Å². The third kappa shape index (κ3) is 4.76. The number of hydrogen-bond acceptors (Lipinski definition) is 5. The zero-order valence-corrected chi connectivity index (χ0v) is 15.2. The second kappa shape index (κ2) is 8.23. The summed E-state index contributed by atoms with van der Waals surface area (Å²) in [7, 11) is 0. The van der Waals surface area contributed by atoms with E-state index in [0.717, 1.165) is 12.1 Å².